The predicted molar refractivity (Wildman–Crippen MR) is 150 cm³/mol. The fourth-order valence-electron chi connectivity index (χ4n) is 5.06. The summed E-state index contributed by atoms with van der Waals surface area (Å²) in [6.45, 7) is 3.33. The number of esters is 1. The Labute approximate surface area is 230 Å². The number of hydrogen-bond donors (Lipinski definition) is 2. The molecule has 1 atom stereocenters. The quantitative estimate of drug-likeness (QED) is 0.321. The van der Waals surface area contributed by atoms with Crippen molar-refractivity contribution in [2.24, 2.45) is 0 Å². The van der Waals surface area contributed by atoms with Gasteiger partial charge in [0.2, 0.25) is 11.2 Å². The number of H-pyrrole nitrogens is 1. The van der Waals surface area contributed by atoms with E-state index < -0.39 is 28.6 Å². The van der Waals surface area contributed by atoms with Crippen LogP contribution in [0.25, 0.3) is 10.9 Å². The minimum absolute atomic E-state index is 0.134. The highest BCUT2D eigenvalue weighted by molar-refractivity contribution is 5.79. The van der Waals surface area contributed by atoms with Crippen LogP contribution in [0.15, 0.2) is 74.7 Å². The van der Waals surface area contributed by atoms with Crippen LogP contribution in [0.4, 0.5) is 5.69 Å². The van der Waals surface area contributed by atoms with E-state index in [1.54, 1.807) is 25.3 Å². The molecule has 0 saturated carbocycles. The first-order valence-corrected chi connectivity index (χ1v) is 13.0. The van der Waals surface area contributed by atoms with Crippen LogP contribution in [0.1, 0.15) is 29.4 Å². The Morgan fingerprint density at radius 2 is 1.75 bits per heavy atom. The Kier molecular flexibility index (Phi) is 7.88. The third kappa shape index (κ3) is 5.72. The van der Waals surface area contributed by atoms with Crippen LogP contribution in [0.5, 0.6) is 11.5 Å². The molecule has 208 valence electrons. The molecule has 0 bridgehead atoms. The molecule has 2 aromatic carbocycles. The van der Waals surface area contributed by atoms with Gasteiger partial charge in [0.25, 0.3) is 5.56 Å². The number of aromatic amines is 1. The molecule has 0 aliphatic carbocycles. The van der Waals surface area contributed by atoms with Crippen molar-refractivity contribution in [1.82, 2.24) is 9.88 Å². The molecule has 1 fully saturated rings. The van der Waals surface area contributed by atoms with Crippen molar-refractivity contribution in [2.45, 2.75) is 18.9 Å². The van der Waals surface area contributed by atoms with Crippen LogP contribution in [0.2, 0.25) is 0 Å². The van der Waals surface area contributed by atoms with Gasteiger partial charge in [-0.2, -0.15) is 0 Å². The van der Waals surface area contributed by atoms with Gasteiger partial charge < -0.3 is 28.9 Å². The van der Waals surface area contributed by atoms with Gasteiger partial charge in [-0.3, -0.25) is 19.3 Å². The van der Waals surface area contributed by atoms with Gasteiger partial charge in [-0.15, -0.1) is 0 Å². The van der Waals surface area contributed by atoms with Gasteiger partial charge in [0, 0.05) is 49.0 Å². The lowest BCUT2D eigenvalue weighted by Gasteiger charge is -2.36. The van der Waals surface area contributed by atoms with Crippen molar-refractivity contribution in [3.05, 3.63) is 98.3 Å². The van der Waals surface area contributed by atoms with Gasteiger partial charge in [-0.1, -0.05) is 18.2 Å². The first-order valence-electron chi connectivity index (χ1n) is 13.0. The molecule has 10 heteroatoms. The smallest absolute Gasteiger partial charge is 0.306 e. The number of nitrogens with zero attached hydrogens (tertiary/aromatic N) is 2. The van der Waals surface area contributed by atoms with E-state index in [-0.39, 0.29) is 17.7 Å². The molecule has 0 radical (unpaired) electrons. The molecular weight excluding hydrogens is 514 g/mol. The van der Waals surface area contributed by atoms with Crippen molar-refractivity contribution in [2.75, 3.05) is 45.3 Å². The molecule has 1 saturated heterocycles. The zero-order valence-electron chi connectivity index (χ0n) is 22.4. The first kappa shape index (κ1) is 27.0. The minimum atomic E-state index is -1.03. The number of hydrogen-bond acceptors (Lipinski definition) is 9. The molecule has 1 aliphatic heterocycles. The van der Waals surface area contributed by atoms with Crippen molar-refractivity contribution in [1.29, 1.82) is 0 Å². The number of ether oxygens (including phenoxy) is 2. The number of pyridine rings is 1. The van der Waals surface area contributed by atoms with Gasteiger partial charge in [0.05, 0.1) is 33.1 Å². The minimum Gasteiger partial charge on any atom is -0.502 e. The summed E-state index contributed by atoms with van der Waals surface area (Å²) in [5, 5.41) is 11.5. The standard InChI is InChI=1S/C30H31N3O7/c1-38-21-9-7-20(8-10-21)33-13-11-32(12-14-33)18-22-16-26(34)28(36)29(40-22)23(17-27(35)39-2)24-15-19-5-3-4-6-25(19)31-30(24)37/h3-10,15-16,23,36H,11-14,17-18H2,1-2H3,(H,31,37)/t23-/m1/s1. The summed E-state index contributed by atoms with van der Waals surface area (Å²) in [4.78, 5) is 45.5. The van der Waals surface area contributed by atoms with Crippen LogP contribution in [0, 0.1) is 0 Å². The van der Waals surface area contributed by atoms with E-state index in [0.717, 1.165) is 43.0 Å². The number of carbonyl (C=O) groups is 1. The molecule has 0 unspecified atom stereocenters. The van der Waals surface area contributed by atoms with Crippen molar-refractivity contribution < 1.29 is 23.8 Å². The van der Waals surface area contributed by atoms with Crippen molar-refractivity contribution in [3.63, 3.8) is 0 Å². The summed E-state index contributed by atoms with van der Waals surface area (Å²) < 4.78 is 16.2. The number of aromatic nitrogens is 1. The Morgan fingerprint density at radius 1 is 1.02 bits per heavy atom. The number of para-hydroxylation sites is 1. The third-order valence-corrected chi connectivity index (χ3v) is 7.26. The first-order chi connectivity index (χ1) is 19.4. The average Bonchev–Trinajstić information content (AvgIpc) is 2.98. The summed E-state index contributed by atoms with van der Waals surface area (Å²) in [5.41, 5.74) is 0.828. The Bertz CT molecular complexity index is 1620. The van der Waals surface area contributed by atoms with Gasteiger partial charge >= 0.3 is 5.97 Å². The predicted octanol–water partition coefficient (Wildman–Crippen LogP) is 3.21. The lowest BCUT2D eigenvalue weighted by molar-refractivity contribution is -0.140. The molecule has 5 rings (SSSR count). The maximum Gasteiger partial charge on any atom is 0.306 e. The number of piperazine rings is 1. The van der Waals surface area contributed by atoms with Crippen LogP contribution in [-0.4, -0.2) is 61.4 Å². The molecular formula is C30H31N3O7. The zero-order chi connectivity index (χ0) is 28.2. The third-order valence-electron chi connectivity index (χ3n) is 7.26. The van der Waals surface area contributed by atoms with Gasteiger partial charge in [-0.05, 0) is 41.8 Å². The average molecular weight is 546 g/mol. The number of fused-ring (bicyclic) bond motifs is 1. The van der Waals surface area contributed by atoms with Gasteiger partial charge in [-0.25, -0.2) is 0 Å². The number of rotatable bonds is 8. The summed E-state index contributed by atoms with van der Waals surface area (Å²) in [7, 11) is 2.88. The van der Waals surface area contributed by atoms with Gasteiger partial charge in [0.1, 0.15) is 11.5 Å². The highest BCUT2D eigenvalue weighted by Gasteiger charge is 2.29. The monoisotopic (exact) mass is 545 g/mol. The van der Waals surface area contributed by atoms with Crippen molar-refractivity contribution in [3.8, 4) is 11.5 Å². The van der Waals surface area contributed by atoms with Crippen LogP contribution in [0.3, 0.4) is 0 Å². The summed E-state index contributed by atoms with van der Waals surface area (Å²) >= 11 is 0. The fourth-order valence-corrected chi connectivity index (χ4v) is 5.06. The van der Waals surface area contributed by atoms with E-state index in [1.807, 2.05) is 36.4 Å². The van der Waals surface area contributed by atoms with Crippen LogP contribution >= 0.6 is 0 Å². The van der Waals surface area contributed by atoms with Crippen LogP contribution < -0.4 is 20.6 Å². The maximum atomic E-state index is 13.1. The molecule has 4 aromatic rings. The fraction of sp³-hybridized carbons (Fsp3) is 0.300. The zero-order valence-corrected chi connectivity index (χ0v) is 22.4. The highest BCUT2D eigenvalue weighted by atomic mass is 16.5. The van der Waals surface area contributed by atoms with E-state index in [2.05, 4.69) is 14.8 Å². The number of benzene rings is 2. The Balaban J connectivity index is 1.41. The van der Waals surface area contributed by atoms with Crippen LogP contribution in [-0.2, 0) is 16.1 Å². The second-order valence-electron chi connectivity index (χ2n) is 9.72. The van der Waals surface area contributed by atoms with Gasteiger partial charge in [0.15, 0.2) is 5.76 Å². The van der Waals surface area contributed by atoms with E-state index in [0.29, 0.717) is 17.8 Å². The molecule has 10 nitrogen and oxygen atoms in total. The van der Waals surface area contributed by atoms with E-state index in [4.69, 9.17) is 13.9 Å². The summed E-state index contributed by atoms with van der Waals surface area (Å²) in [6.07, 6.45) is -0.293. The topological polar surface area (TPSA) is 125 Å². The molecule has 0 spiro atoms. The summed E-state index contributed by atoms with van der Waals surface area (Å²) in [5.74, 6) is -1.26. The second kappa shape index (κ2) is 11.7. The Hall–Kier alpha value is -4.57. The maximum absolute atomic E-state index is 13.1. The lowest BCUT2D eigenvalue weighted by Crippen LogP contribution is -2.46. The molecule has 1 aliphatic rings. The molecule has 2 aromatic heterocycles. The summed E-state index contributed by atoms with van der Waals surface area (Å²) in [6, 6.07) is 18.0. The van der Waals surface area contributed by atoms with E-state index >= 15 is 0 Å². The number of carbonyl (C=O) groups excluding carboxylic acids is 1. The van der Waals surface area contributed by atoms with E-state index in [1.165, 1.54) is 13.2 Å². The van der Waals surface area contributed by atoms with E-state index in [9.17, 15) is 19.5 Å². The highest BCUT2D eigenvalue weighted by Crippen LogP contribution is 2.33. The largest absolute Gasteiger partial charge is 0.502 e. The SMILES string of the molecule is COC(=O)C[C@@H](c1oc(CN2CCN(c3ccc(OC)cc3)CC2)cc(=O)c1O)c1cc2ccccc2[nH]c1=O. The number of aromatic hydroxyl groups is 1. The second-order valence-corrected chi connectivity index (χ2v) is 9.72. The number of nitrogens with one attached hydrogen (secondary N) is 1. The Morgan fingerprint density at radius 3 is 2.45 bits per heavy atom. The number of anilines is 1. The molecule has 0 amide bonds. The molecule has 3 heterocycles. The van der Waals surface area contributed by atoms with Crippen molar-refractivity contribution >= 4 is 22.6 Å². The lowest BCUT2D eigenvalue weighted by atomic mass is 9.92. The molecule has 40 heavy (non-hydrogen) atoms. The molecule has 2 N–H and O–H groups in total. The number of methoxy groups -OCH3 is 2. The normalized spacial score (nSPS) is 14.7.